The molecular weight excluding hydrogens is 316 g/mol. The number of fused-ring (bicyclic) bond motifs is 3. The third-order valence-electron chi connectivity index (χ3n) is 5.49. The standard InChI is InChI=1S/C19H18N4O2/c1-12(2)15-18(11-22)16(23)25-19(24-15,14-7-5-4-6-8-14)13(3)17(18,9-20)10-21/h4-8,12-13,15,23H,1-3H3. The number of nitriles is 3. The minimum atomic E-state index is -1.76. The number of rotatable bonds is 2. The predicted octanol–water partition coefficient (Wildman–Crippen LogP) is 3.08. The minimum absolute atomic E-state index is 0.194. The Morgan fingerprint density at radius 2 is 1.68 bits per heavy atom. The van der Waals surface area contributed by atoms with E-state index in [1.165, 1.54) is 0 Å². The number of ether oxygens (including phenoxy) is 2. The summed E-state index contributed by atoms with van der Waals surface area (Å²) in [7, 11) is 0. The predicted molar refractivity (Wildman–Crippen MR) is 87.5 cm³/mol. The fourth-order valence-corrected chi connectivity index (χ4v) is 4.16. The first-order valence-electron chi connectivity index (χ1n) is 8.11. The number of nitrogens with zero attached hydrogens (tertiary/aromatic N) is 3. The van der Waals surface area contributed by atoms with E-state index in [4.69, 9.17) is 14.9 Å². The number of benzene rings is 1. The first-order valence-corrected chi connectivity index (χ1v) is 8.11. The summed E-state index contributed by atoms with van der Waals surface area (Å²) >= 11 is 0. The normalized spacial score (nSPS) is 35.3. The maximum atomic E-state index is 9.98. The lowest BCUT2D eigenvalue weighted by Gasteiger charge is -2.62. The molecule has 2 bridgehead atoms. The maximum absolute atomic E-state index is 9.98. The van der Waals surface area contributed by atoms with E-state index in [1.807, 2.05) is 19.9 Å². The second-order valence-electron chi connectivity index (χ2n) is 6.92. The SMILES string of the molecule is CC(C)C1OC2(c3ccccc3)OC(=N)C1(C#N)C(C#N)(C#N)C2C. The molecule has 126 valence electrons. The van der Waals surface area contributed by atoms with Crippen molar-refractivity contribution in [2.45, 2.75) is 32.7 Å². The second-order valence-corrected chi connectivity index (χ2v) is 6.92. The quantitative estimate of drug-likeness (QED) is 0.892. The lowest BCUT2D eigenvalue weighted by molar-refractivity contribution is -0.360. The molecule has 0 saturated carbocycles. The first kappa shape index (κ1) is 17.0. The summed E-state index contributed by atoms with van der Waals surface area (Å²) in [6.45, 7) is 5.37. The average Bonchev–Trinajstić information content (AvgIpc) is 2.63. The summed E-state index contributed by atoms with van der Waals surface area (Å²) < 4.78 is 12.1. The minimum Gasteiger partial charge on any atom is -0.443 e. The molecule has 3 aliphatic heterocycles. The van der Waals surface area contributed by atoms with Gasteiger partial charge in [0.05, 0.1) is 30.2 Å². The van der Waals surface area contributed by atoms with Gasteiger partial charge in [0.25, 0.3) is 0 Å². The van der Waals surface area contributed by atoms with Crippen molar-refractivity contribution >= 4 is 5.90 Å². The van der Waals surface area contributed by atoms with Crippen LogP contribution in [0.1, 0.15) is 26.3 Å². The summed E-state index contributed by atoms with van der Waals surface area (Å²) in [6, 6.07) is 15.2. The van der Waals surface area contributed by atoms with Crippen LogP contribution in [-0.2, 0) is 15.3 Å². The van der Waals surface area contributed by atoms with Gasteiger partial charge in [-0.1, -0.05) is 51.1 Å². The highest BCUT2D eigenvalue weighted by Crippen LogP contribution is 2.65. The smallest absolute Gasteiger partial charge is 0.244 e. The van der Waals surface area contributed by atoms with E-state index in [9.17, 15) is 15.8 Å². The molecule has 4 atom stereocenters. The Hall–Kier alpha value is -2.88. The maximum Gasteiger partial charge on any atom is 0.244 e. The lowest BCUT2D eigenvalue weighted by atomic mass is 9.50. The van der Waals surface area contributed by atoms with Gasteiger partial charge in [0.15, 0.2) is 10.8 Å². The van der Waals surface area contributed by atoms with Crippen LogP contribution in [0.15, 0.2) is 30.3 Å². The summed E-state index contributed by atoms with van der Waals surface area (Å²) in [4.78, 5) is 0. The van der Waals surface area contributed by atoms with E-state index in [0.717, 1.165) is 0 Å². The molecule has 0 radical (unpaired) electrons. The largest absolute Gasteiger partial charge is 0.443 e. The molecule has 1 N–H and O–H groups in total. The average molecular weight is 334 g/mol. The Balaban J connectivity index is 2.38. The van der Waals surface area contributed by atoms with Gasteiger partial charge in [-0.05, 0) is 5.92 Å². The van der Waals surface area contributed by atoms with Crippen LogP contribution in [0.3, 0.4) is 0 Å². The first-order chi connectivity index (χ1) is 11.9. The van der Waals surface area contributed by atoms with Gasteiger partial charge in [-0.15, -0.1) is 0 Å². The van der Waals surface area contributed by atoms with Gasteiger partial charge in [-0.3, -0.25) is 5.41 Å². The summed E-state index contributed by atoms with van der Waals surface area (Å²) in [6.07, 6.45) is -0.811. The fraction of sp³-hybridized carbons (Fsp3) is 0.474. The highest BCUT2D eigenvalue weighted by molar-refractivity contribution is 5.88. The van der Waals surface area contributed by atoms with Crippen molar-refractivity contribution in [2.24, 2.45) is 22.7 Å². The number of hydrogen-bond donors (Lipinski definition) is 1. The molecule has 0 aromatic heterocycles. The van der Waals surface area contributed by atoms with Crippen molar-refractivity contribution in [2.75, 3.05) is 0 Å². The van der Waals surface area contributed by atoms with Crippen molar-refractivity contribution in [1.29, 1.82) is 21.2 Å². The Kier molecular flexibility index (Phi) is 3.60. The highest BCUT2D eigenvalue weighted by atomic mass is 16.7. The van der Waals surface area contributed by atoms with Crippen LogP contribution < -0.4 is 0 Å². The Morgan fingerprint density at radius 3 is 2.16 bits per heavy atom. The zero-order chi connectivity index (χ0) is 18.5. The van der Waals surface area contributed by atoms with Gasteiger partial charge in [-0.2, -0.15) is 15.8 Å². The molecule has 4 unspecified atom stereocenters. The Bertz CT molecular complexity index is 831. The zero-order valence-corrected chi connectivity index (χ0v) is 14.3. The van der Waals surface area contributed by atoms with Crippen molar-refractivity contribution in [3.05, 3.63) is 35.9 Å². The molecule has 6 nitrogen and oxygen atoms in total. The molecule has 1 aromatic carbocycles. The summed E-state index contributed by atoms with van der Waals surface area (Å²) in [5.74, 6) is -2.77. The highest BCUT2D eigenvalue weighted by Gasteiger charge is 2.79. The van der Waals surface area contributed by atoms with E-state index in [2.05, 4.69) is 18.2 Å². The van der Waals surface area contributed by atoms with E-state index >= 15 is 0 Å². The Morgan fingerprint density at radius 1 is 1.08 bits per heavy atom. The van der Waals surface area contributed by atoms with Crippen LogP contribution in [0.5, 0.6) is 0 Å². The monoisotopic (exact) mass is 334 g/mol. The molecule has 0 aliphatic carbocycles. The third kappa shape index (κ3) is 1.71. The van der Waals surface area contributed by atoms with Crippen LogP contribution >= 0.6 is 0 Å². The van der Waals surface area contributed by atoms with Gasteiger partial charge in [0, 0.05) is 5.56 Å². The molecule has 0 amide bonds. The lowest BCUT2D eigenvalue weighted by Crippen LogP contribution is -2.74. The molecule has 25 heavy (non-hydrogen) atoms. The Labute approximate surface area is 146 Å². The van der Waals surface area contributed by atoms with Crippen LogP contribution in [0.4, 0.5) is 0 Å². The van der Waals surface area contributed by atoms with Crippen molar-refractivity contribution in [3.63, 3.8) is 0 Å². The van der Waals surface area contributed by atoms with E-state index in [0.29, 0.717) is 5.56 Å². The van der Waals surface area contributed by atoms with E-state index in [1.54, 1.807) is 31.2 Å². The summed E-state index contributed by atoms with van der Waals surface area (Å²) in [5, 5.41) is 38.4. The van der Waals surface area contributed by atoms with Gasteiger partial charge >= 0.3 is 0 Å². The fourth-order valence-electron chi connectivity index (χ4n) is 4.16. The van der Waals surface area contributed by atoms with Crippen LogP contribution in [0.2, 0.25) is 0 Å². The van der Waals surface area contributed by atoms with Crippen molar-refractivity contribution < 1.29 is 9.47 Å². The molecule has 3 heterocycles. The molecule has 4 rings (SSSR count). The summed E-state index contributed by atoms with van der Waals surface area (Å²) in [5.41, 5.74) is -2.89. The van der Waals surface area contributed by atoms with Gasteiger partial charge in [0.1, 0.15) is 0 Å². The molecule has 3 aliphatic rings. The van der Waals surface area contributed by atoms with Gasteiger partial charge in [0.2, 0.25) is 11.7 Å². The molecule has 3 saturated heterocycles. The van der Waals surface area contributed by atoms with Gasteiger partial charge in [-0.25, -0.2) is 0 Å². The molecule has 0 spiro atoms. The van der Waals surface area contributed by atoms with E-state index < -0.39 is 28.6 Å². The molecule has 3 fully saturated rings. The van der Waals surface area contributed by atoms with Crippen molar-refractivity contribution in [3.8, 4) is 18.2 Å². The van der Waals surface area contributed by atoms with Crippen LogP contribution in [0.25, 0.3) is 0 Å². The number of nitrogens with one attached hydrogen (secondary N) is 1. The topological polar surface area (TPSA) is 114 Å². The third-order valence-corrected chi connectivity index (χ3v) is 5.49. The molecule has 6 heteroatoms. The number of hydrogen-bond acceptors (Lipinski definition) is 6. The zero-order valence-electron chi connectivity index (χ0n) is 14.3. The molecular formula is C19H18N4O2. The van der Waals surface area contributed by atoms with Crippen LogP contribution in [-0.4, -0.2) is 12.0 Å². The molecule has 1 aromatic rings. The van der Waals surface area contributed by atoms with Gasteiger partial charge < -0.3 is 9.47 Å². The second kappa shape index (κ2) is 5.31. The van der Waals surface area contributed by atoms with Crippen molar-refractivity contribution in [1.82, 2.24) is 0 Å². The van der Waals surface area contributed by atoms with Crippen LogP contribution in [0, 0.1) is 62.1 Å². The van der Waals surface area contributed by atoms with E-state index in [-0.39, 0.29) is 11.8 Å².